The van der Waals surface area contributed by atoms with E-state index >= 15 is 4.39 Å². The molecule has 4 rings (SSSR count). The first-order chi connectivity index (χ1) is 15.3. The quantitative estimate of drug-likeness (QED) is 0.436. The molecule has 32 heavy (non-hydrogen) atoms. The van der Waals surface area contributed by atoms with Crippen molar-refractivity contribution in [2.75, 3.05) is 6.54 Å². The fourth-order valence-corrected chi connectivity index (χ4v) is 4.12. The summed E-state index contributed by atoms with van der Waals surface area (Å²) in [6.07, 6.45) is 4.36. The number of hydrogen-bond donors (Lipinski definition) is 0. The molecular weight excluding hydrogens is 420 g/mol. The van der Waals surface area contributed by atoms with Crippen LogP contribution in [0.4, 0.5) is 14.5 Å². The van der Waals surface area contributed by atoms with E-state index in [2.05, 4.69) is 10.1 Å². The zero-order valence-corrected chi connectivity index (χ0v) is 17.8. The molecule has 0 radical (unpaired) electrons. The molecule has 0 spiro atoms. The summed E-state index contributed by atoms with van der Waals surface area (Å²) in [4.78, 5) is 29.4. The molecule has 10 heteroatoms. The molecule has 2 aromatic heterocycles. The normalized spacial score (nSPS) is 16.9. The number of amides is 1. The van der Waals surface area contributed by atoms with Crippen LogP contribution < -0.4 is 0 Å². The van der Waals surface area contributed by atoms with Crippen LogP contribution in [0, 0.1) is 21.7 Å². The van der Waals surface area contributed by atoms with E-state index in [1.807, 2.05) is 13.8 Å². The third kappa shape index (κ3) is 3.80. The smallest absolute Gasteiger partial charge is 0.272 e. The Morgan fingerprint density at radius 1 is 1.25 bits per heavy atom. The van der Waals surface area contributed by atoms with Crippen molar-refractivity contribution in [2.45, 2.75) is 52.0 Å². The number of benzene rings is 1. The fraction of sp³-hybridized carbons (Fsp3) is 0.409. The molecule has 0 N–H and O–H groups in total. The van der Waals surface area contributed by atoms with Gasteiger partial charge in [0.25, 0.3) is 11.6 Å². The number of halogens is 2. The van der Waals surface area contributed by atoms with Gasteiger partial charge in [-0.1, -0.05) is 19.8 Å². The summed E-state index contributed by atoms with van der Waals surface area (Å²) < 4.78 is 31.1. The Balaban J connectivity index is 1.81. The summed E-state index contributed by atoms with van der Waals surface area (Å²) in [6.45, 7) is 4.45. The summed E-state index contributed by atoms with van der Waals surface area (Å²) in [5, 5.41) is 15.0. The number of hydrogen-bond acceptors (Lipinski definition) is 5. The fourth-order valence-electron chi connectivity index (χ4n) is 4.12. The highest BCUT2D eigenvalue weighted by Gasteiger charge is 2.27. The number of carbonyl (C=O) groups excluding carboxylic acids is 1. The Labute approximate surface area is 183 Å². The van der Waals surface area contributed by atoms with Crippen molar-refractivity contribution < 1.29 is 18.5 Å². The van der Waals surface area contributed by atoms with Gasteiger partial charge >= 0.3 is 0 Å². The second kappa shape index (κ2) is 8.60. The molecule has 1 aliphatic heterocycles. The van der Waals surface area contributed by atoms with E-state index in [9.17, 15) is 19.3 Å². The van der Waals surface area contributed by atoms with Gasteiger partial charge in [0.1, 0.15) is 17.2 Å². The number of likely N-dealkylation sites (tertiary alicyclic amines) is 1. The van der Waals surface area contributed by atoms with Crippen molar-refractivity contribution >= 4 is 17.2 Å². The van der Waals surface area contributed by atoms with Gasteiger partial charge in [-0.25, -0.2) is 18.3 Å². The summed E-state index contributed by atoms with van der Waals surface area (Å²) in [7, 11) is 0. The lowest BCUT2D eigenvalue weighted by Gasteiger charge is -2.27. The lowest BCUT2D eigenvalue weighted by Crippen LogP contribution is -2.38. The van der Waals surface area contributed by atoms with Crippen LogP contribution in [0.3, 0.4) is 0 Å². The van der Waals surface area contributed by atoms with E-state index in [-0.39, 0.29) is 34.5 Å². The van der Waals surface area contributed by atoms with Crippen molar-refractivity contribution in [1.29, 1.82) is 0 Å². The van der Waals surface area contributed by atoms with Crippen LogP contribution in [0.5, 0.6) is 0 Å². The predicted molar refractivity (Wildman–Crippen MR) is 113 cm³/mol. The van der Waals surface area contributed by atoms with Gasteiger partial charge in [-0.15, -0.1) is 0 Å². The number of fused-ring (bicyclic) bond motifs is 1. The second-order valence-electron chi connectivity index (χ2n) is 8.00. The molecule has 1 unspecified atom stereocenters. The second-order valence-corrected chi connectivity index (χ2v) is 8.00. The minimum Gasteiger partial charge on any atom is -0.335 e. The van der Waals surface area contributed by atoms with Crippen LogP contribution in [0.1, 0.15) is 55.7 Å². The van der Waals surface area contributed by atoms with Crippen molar-refractivity contribution in [3.05, 3.63) is 57.4 Å². The van der Waals surface area contributed by atoms with Crippen molar-refractivity contribution in [2.24, 2.45) is 0 Å². The molecule has 0 aliphatic carbocycles. The molecular formula is C22H23F2N5O3. The first kappa shape index (κ1) is 21.8. The lowest BCUT2D eigenvalue weighted by atomic mass is 10.1. The molecule has 1 atom stereocenters. The third-order valence-corrected chi connectivity index (χ3v) is 5.92. The highest BCUT2D eigenvalue weighted by atomic mass is 19.1. The third-order valence-electron chi connectivity index (χ3n) is 5.92. The van der Waals surface area contributed by atoms with Crippen molar-refractivity contribution in [3.63, 3.8) is 0 Å². The largest absolute Gasteiger partial charge is 0.335 e. The minimum atomic E-state index is -0.964. The Bertz CT molecular complexity index is 1210. The van der Waals surface area contributed by atoms with Crippen LogP contribution in [-0.4, -0.2) is 42.9 Å². The maximum atomic E-state index is 15.3. The maximum Gasteiger partial charge on any atom is 0.272 e. The van der Waals surface area contributed by atoms with Gasteiger partial charge in [0.05, 0.1) is 11.0 Å². The van der Waals surface area contributed by atoms with E-state index in [4.69, 9.17) is 0 Å². The highest BCUT2D eigenvalue weighted by Crippen LogP contribution is 2.30. The molecule has 1 saturated heterocycles. The number of aryl methyl sites for hydroxylation is 1. The number of aromatic nitrogens is 3. The van der Waals surface area contributed by atoms with Crippen molar-refractivity contribution in [3.8, 4) is 11.3 Å². The summed E-state index contributed by atoms with van der Waals surface area (Å²) >= 11 is 0. The molecule has 0 saturated carbocycles. The van der Waals surface area contributed by atoms with Crippen LogP contribution in [0.2, 0.25) is 0 Å². The van der Waals surface area contributed by atoms with Gasteiger partial charge in [0.2, 0.25) is 0 Å². The molecule has 0 bridgehead atoms. The van der Waals surface area contributed by atoms with Crippen LogP contribution in [-0.2, 0) is 6.42 Å². The molecule has 3 heterocycles. The Hall–Kier alpha value is -3.43. The standard InChI is InChI=1S/C22H23F2N5O3/c1-3-14-12-18(22(30)27-10-6-4-5-7-13(27)2)25-21-19(24)20(26-28(14)21)16-9-8-15(29(31)32)11-17(16)23/h8-9,11-13H,3-7,10H2,1-2H3. The average molecular weight is 443 g/mol. The number of rotatable bonds is 4. The zero-order valence-electron chi connectivity index (χ0n) is 17.8. The van der Waals surface area contributed by atoms with E-state index in [1.54, 1.807) is 11.0 Å². The topological polar surface area (TPSA) is 93.6 Å². The van der Waals surface area contributed by atoms with Gasteiger partial charge in [-0.2, -0.15) is 5.10 Å². The number of carbonyl (C=O) groups is 1. The van der Waals surface area contributed by atoms with Gasteiger partial charge in [-0.3, -0.25) is 14.9 Å². The molecule has 168 valence electrons. The number of nitro benzene ring substituents is 1. The molecule has 3 aromatic rings. The van der Waals surface area contributed by atoms with E-state index in [1.165, 1.54) is 4.52 Å². The monoisotopic (exact) mass is 443 g/mol. The van der Waals surface area contributed by atoms with Crippen LogP contribution in [0.25, 0.3) is 16.9 Å². The first-order valence-electron chi connectivity index (χ1n) is 10.6. The van der Waals surface area contributed by atoms with E-state index < -0.39 is 22.2 Å². The van der Waals surface area contributed by atoms with Crippen LogP contribution >= 0.6 is 0 Å². The lowest BCUT2D eigenvalue weighted by molar-refractivity contribution is -0.385. The number of nitrogens with zero attached hydrogens (tertiary/aromatic N) is 5. The van der Waals surface area contributed by atoms with Gasteiger partial charge < -0.3 is 4.90 Å². The van der Waals surface area contributed by atoms with Crippen molar-refractivity contribution in [1.82, 2.24) is 19.5 Å². The molecule has 1 aliphatic rings. The van der Waals surface area contributed by atoms with Gasteiger partial charge in [0, 0.05) is 29.9 Å². The summed E-state index contributed by atoms with van der Waals surface area (Å²) in [5.41, 5.74) is -0.474. The molecule has 1 aromatic carbocycles. The van der Waals surface area contributed by atoms with E-state index in [0.29, 0.717) is 18.7 Å². The van der Waals surface area contributed by atoms with Crippen LogP contribution in [0.15, 0.2) is 24.3 Å². The summed E-state index contributed by atoms with van der Waals surface area (Å²) in [6, 6.07) is 4.59. The summed E-state index contributed by atoms with van der Waals surface area (Å²) in [5.74, 6) is -2.11. The first-order valence-corrected chi connectivity index (χ1v) is 10.6. The Morgan fingerprint density at radius 3 is 2.72 bits per heavy atom. The zero-order chi connectivity index (χ0) is 23.0. The average Bonchev–Trinajstić information content (AvgIpc) is 2.95. The molecule has 1 amide bonds. The Kier molecular flexibility index (Phi) is 5.86. The highest BCUT2D eigenvalue weighted by molar-refractivity contribution is 5.93. The molecule has 1 fully saturated rings. The van der Waals surface area contributed by atoms with Gasteiger partial charge in [0.15, 0.2) is 11.5 Å². The maximum absolute atomic E-state index is 15.3. The SMILES string of the molecule is CCc1cc(C(=O)N2CCCCCC2C)nc2c(F)c(-c3ccc([N+](=O)[O-])cc3F)nn12. The Morgan fingerprint density at radius 2 is 2.03 bits per heavy atom. The van der Waals surface area contributed by atoms with E-state index in [0.717, 1.165) is 43.9 Å². The predicted octanol–water partition coefficient (Wildman–Crippen LogP) is 4.55. The molecule has 8 nitrogen and oxygen atoms in total. The number of non-ortho nitro benzene ring substituents is 1. The minimum absolute atomic E-state index is 0.0626. The number of nitro groups is 1. The van der Waals surface area contributed by atoms with Gasteiger partial charge in [-0.05, 0) is 38.3 Å².